The van der Waals surface area contributed by atoms with Gasteiger partial charge in [0.05, 0.1) is 22.4 Å². The third-order valence-electron chi connectivity index (χ3n) is 7.48. The van der Waals surface area contributed by atoms with Gasteiger partial charge in [0, 0.05) is 34.2 Å². The quantitative estimate of drug-likeness (QED) is 0.179. The average molecular weight is 475 g/mol. The van der Waals surface area contributed by atoms with Gasteiger partial charge in [0.15, 0.2) is 0 Å². The van der Waals surface area contributed by atoms with Crippen LogP contribution in [0.25, 0.3) is 49.0 Å². The lowest BCUT2D eigenvalue weighted by Gasteiger charge is -2.16. The van der Waals surface area contributed by atoms with E-state index in [0.29, 0.717) is 0 Å². The molecule has 0 spiro atoms. The molecule has 1 heterocycles. The second kappa shape index (κ2) is 8.76. The van der Waals surface area contributed by atoms with Gasteiger partial charge in [-0.15, -0.1) is 0 Å². The molecular weight excluding hydrogens is 448 g/mol. The van der Waals surface area contributed by atoms with Crippen molar-refractivity contribution >= 4 is 55.3 Å². The van der Waals surface area contributed by atoms with Crippen molar-refractivity contribution in [1.29, 1.82) is 0 Å². The SMILES string of the molecule is Cc1c(C/C=N/c2ccccc2)ccc2c1c1ccccc1n2-c1c2ccccc2cc2ccccc12. The fourth-order valence-electron chi connectivity index (χ4n) is 5.73. The van der Waals surface area contributed by atoms with Gasteiger partial charge >= 0.3 is 0 Å². The number of rotatable bonds is 4. The molecule has 37 heavy (non-hydrogen) atoms. The van der Waals surface area contributed by atoms with E-state index in [1.54, 1.807) is 0 Å². The molecule has 7 aromatic rings. The van der Waals surface area contributed by atoms with Gasteiger partial charge in [-0.3, -0.25) is 4.99 Å². The van der Waals surface area contributed by atoms with Crippen LogP contribution < -0.4 is 0 Å². The van der Waals surface area contributed by atoms with E-state index in [1.807, 2.05) is 36.5 Å². The normalized spacial score (nSPS) is 11.9. The molecule has 0 unspecified atom stereocenters. The standard InChI is InChI=1S/C35H26N2/c1-24-25(21-22-36-28-13-3-2-4-14-28)19-20-33-34(24)31-17-9-10-18-32(31)37(33)35-29-15-7-5-11-26(29)23-27-12-6-8-16-30(27)35/h2-20,22-23H,21H2,1H3/b36-22+. The summed E-state index contributed by atoms with van der Waals surface area (Å²) in [5.74, 6) is 0. The minimum absolute atomic E-state index is 0.799. The first kappa shape index (κ1) is 21.6. The number of aliphatic imine (C=N–C) groups is 1. The molecule has 0 saturated heterocycles. The van der Waals surface area contributed by atoms with Crippen molar-refractivity contribution in [3.8, 4) is 5.69 Å². The Kier molecular flexibility index (Phi) is 5.11. The Morgan fingerprint density at radius 1 is 0.622 bits per heavy atom. The van der Waals surface area contributed by atoms with Gasteiger partial charge in [0.25, 0.3) is 0 Å². The largest absolute Gasteiger partial charge is 0.308 e. The highest BCUT2D eigenvalue weighted by molar-refractivity contribution is 6.15. The number of fused-ring (bicyclic) bond motifs is 5. The second-order valence-electron chi connectivity index (χ2n) is 9.62. The van der Waals surface area contributed by atoms with E-state index in [1.165, 1.54) is 60.2 Å². The lowest BCUT2D eigenvalue weighted by molar-refractivity contribution is 1.20. The van der Waals surface area contributed by atoms with Crippen LogP contribution in [0.5, 0.6) is 0 Å². The van der Waals surface area contributed by atoms with Gasteiger partial charge in [-0.2, -0.15) is 0 Å². The monoisotopic (exact) mass is 474 g/mol. The van der Waals surface area contributed by atoms with E-state index in [0.717, 1.165) is 12.1 Å². The molecule has 1 aromatic heterocycles. The first-order chi connectivity index (χ1) is 18.3. The Morgan fingerprint density at radius 3 is 1.97 bits per heavy atom. The van der Waals surface area contributed by atoms with Crippen molar-refractivity contribution in [3.63, 3.8) is 0 Å². The maximum Gasteiger partial charge on any atom is 0.0625 e. The zero-order valence-electron chi connectivity index (χ0n) is 20.7. The first-order valence-corrected chi connectivity index (χ1v) is 12.8. The average Bonchev–Trinajstić information content (AvgIpc) is 3.28. The molecule has 0 aliphatic rings. The Hall–Kier alpha value is -4.69. The molecule has 0 fully saturated rings. The smallest absolute Gasteiger partial charge is 0.0625 e. The summed E-state index contributed by atoms with van der Waals surface area (Å²) in [6, 6.07) is 43.3. The maximum absolute atomic E-state index is 4.68. The molecule has 0 N–H and O–H groups in total. The molecule has 0 saturated carbocycles. The summed E-state index contributed by atoms with van der Waals surface area (Å²) < 4.78 is 2.48. The van der Waals surface area contributed by atoms with Crippen LogP contribution in [0.1, 0.15) is 11.1 Å². The van der Waals surface area contributed by atoms with Gasteiger partial charge in [0.2, 0.25) is 0 Å². The molecule has 0 aliphatic heterocycles. The van der Waals surface area contributed by atoms with Crippen LogP contribution in [0.2, 0.25) is 0 Å². The van der Waals surface area contributed by atoms with Crippen LogP contribution in [-0.4, -0.2) is 10.8 Å². The van der Waals surface area contributed by atoms with E-state index < -0.39 is 0 Å². The molecular formula is C35H26N2. The Balaban J connectivity index is 1.50. The molecule has 0 radical (unpaired) electrons. The Morgan fingerprint density at radius 2 is 1.24 bits per heavy atom. The second-order valence-corrected chi connectivity index (χ2v) is 9.62. The third-order valence-corrected chi connectivity index (χ3v) is 7.48. The highest BCUT2D eigenvalue weighted by atomic mass is 15.0. The van der Waals surface area contributed by atoms with Crippen LogP contribution in [0.15, 0.2) is 126 Å². The van der Waals surface area contributed by atoms with Crippen LogP contribution in [-0.2, 0) is 6.42 Å². The van der Waals surface area contributed by atoms with Gasteiger partial charge in [-0.05, 0) is 59.2 Å². The van der Waals surface area contributed by atoms with Crippen molar-refractivity contribution in [2.75, 3.05) is 0 Å². The molecule has 7 rings (SSSR count). The van der Waals surface area contributed by atoms with Gasteiger partial charge in [-0.1, -0.05) is 91.0 Å². The summed E-state index contributed by atoms with van der Waals surface area (Å²) >= 11 is 0. The first-order valence-electron chi connectivity index (χ1n) is 12.8. The fourth-order valence-corrected chi connectivity index (χ4v) is 5.73. The summed E-state index contributed by atoms with van der Waals surface area (Å²) in [5.41, 5.74) is 7.33. The fraction of sp³-hybridized carbons (Fsp3) is 0.0571. The molecule has 0 atom stereocenters. The zero-order valence-corrected chi connectivity index (χ0v) is 20.7. The van der Waals surface area contributed by atoms with Crippen LogP contribution in [0.4, 0.5) is 5.69 Å². The van der Waals surface area contributed by atoms with Crippen LogP contribution >= 0.6 is 0 Å². The van der Waals surface area contributed by atoms with Gasteiger partial charge in [0.1, 0.15) is 0 Å². The molecule has 176 valence electrons. The minimum Gasteiger partial charge on any atom is -0.308 e. The number of aromatic nitrogens is 1. The van der Waals surface area contributed by atoms with Crippen molar-refractivity contribution in [2.24, 2.45) is 4.99 Å². The van der Waals surface area contributed by atoms with Gasteiger partial charge < -0.3 is 4.57 Å². The summed E-state index contributed by atoms with van der Waals surface area (Å²) in [6.07, 6.45) is 2.83. The summed E-state index contributed by atoms with van der Waals surface area (Å²) in [7, 11) is 0. The molecule has 0 amide bonds. The molecule has 0 aliphatic carbocycles. The van der Waals surface area contributed by atoms with E-state index in [2.05, 4.69) is 107 Å². The zero-order chi connectivity index (χ0) is 24.8. The number of para-hydroxylation sites is 2. The van der Waals surface area contributed by atoms with E-state index in [-0.39, 0.29) is 0 Å². The summed E-state index contributed by atoms with van der Waals surface area (Å²) in [6.45, 7) is 2.26. The molecule has 2 heteroatoms. The highest BCUT2D eigenvalue weighted by Crippen LogP contribution is 2.40. The molecule has 0 bridgehead atoms. The summed E-state index contributed by atoms with van der Waals surface area (Å²) in [4.78, 5) is 4.68. The number of nitrogens with zero attached hydrogens (tertiary/aromatic N) is 2. The minimum atomic E-state index is 0.799. The van der Waals surface area contributed by atoms with Crippen molar-refractivity contribution in [1.82, 2.24) is 4.57 Å². The molecule has 6 aromatic carbocycles. The highest BCUT2D eigenvalue weighted by Gasteiger charge is 2.18. The number of aryl methyl sites for hydroxylation is 1. The van der Waals surface area contributed by atoms with Crippen LogP contribution in [0, 0.1) is 6.92 Å². The van der Waals surface area contributed by atoms with Crippen molar-refractivity contribution in [2.45, 2.75) is 13.3 Å². The number of benzene rings is 6. The van der Waals surface area contributed by atoms with Crippen molar-refractivity contribution < 1.29 is 0 Å². The number of hydrogen-bond acceptors (Lipinski definition) is 1. The molecule has 2 nitrogen and oxygen atoms in total. The van der Waals surface area contributed by atoms with E-state index in [4.69, 9.17) is 0 Å². The van der Waals surface area contributed by atoms with E-state index >= 15 is 0 Å². The predicted molar refractivity (Wildman–Crippen MR) is 159 cm³/mol. The topological polar surface area (TPSA) is 17.3 Å². The lowest BCUT2D eigenvalue weighted by Crippen LogP contribution is -1.98. The van der Waals surface area contributed by atoms with Gasteiger partial charge in [-0.25, -0.2) is 0 Å². The van der Waals surface area contributed by atoms with Crippen molar-refractivity contribution in [3.05, 3.63) is 132 Å². The maximum atomic E-state index is 4.68. The predicted octanol–water partition coefficient (Wildman–Crippen LogP) is 9.34. The lowest BCUT2D eigenvalue weighted by atomic mass is 9.99. The summed E-state index contributed by atoms with van der Waals surface area (Å²) in [5, 5.41) is 7.65. The Labute approximate surface area is 216 Å². The Bertz CT molecular complexity index is 1910. The van der Waals surface area contributed by atoms with E-state index in [9.17, 15) is 0 Å². The van der Waals surface area contributed by atoms with Crippen LogP contribution in [0.3, 0.4) is 0 Å². The third kappa shape index (κ3) is 3.53. The number of hydrogen-bond donors (Lipinski definition) is 0.